The van der Waals surface area contributed by atoms with Gasteiger partial charge in [0.1, 0.15) is 0 Å². The summed E-state index contributed by atoms with van der Waals surface area (Å²) in [4.78, 5) is 10.0. The number of nitrogens with zero attached hydrogens (tertiary/aromatic N) is 1. The Kier molecular flexibility index (Phi) is 5.11. The molecule has 0 saturated carbocycles. The Hall–Kier alpha value is -2.30. The second-order valence-electron chi connectivity index (χ2n) is 5.02. The predicted octanol–water partition coefficient (Wildman–Crippen LogP) is 3.38. The van der Waals surface area contributed by atoms with Crippen molar-refractivity contribution >= 4 is 13.8 Å². The molecule has 0 bridgehead atoms. The fourth-order valence-electron chi connectivity index (χ4n) is 1.14. The van der Waals surface area contributed by atoms with Gasteiger partial charge in [0.25, 0.3) is 5.69 Å². The molecule has 0 aromatic heterocycles. The number of nitro benzene ring substituents is 1. The topological polar surface area (TPSA) is 43.1 Å². The summed E-state index contributed by atoms with van der Waals surface area (Å²) in [6.45, 7) is 6.69. The van der Waals surface area contributed by atoms with Gasteiger partial charge >= 0.3 is 0 Å². The number of rotatable bonds is 2. The van der Waals surface area contributed by atoms with Crippen LogP contribution in [0.15, 0.2) is 36.0 Å². The normalized spacial score (nSPS) is 10.3. The molecule has 0 amide bonds. The zero-order valence-corrected chi connectivity index (χ0v) is 12.2. The van der Waals surface area contributed by atoms with Crippen molar-refractivity contribution < 1.29 is 4.92 Å². The Morgan fingerprint density at radius 2 is 1.79 bits per heavy atom. The molecule has 0 aliphatic heterocycles. The number of benzene rings is 1. The summed E-state index contributed by atoms with van der Waals surface area (Å²) < 4.78 is 0. The fraction of sp³-hybridized carbons (Fsp3) is 0.200. The first-order chi connectivity index (χ1) is 8.88. The van der Waals surface area contributed by atoms with Gasteiger partial charge in [-0.2, -0.15) is 0 Å². The molecule has 0 aliphatic rings. The van der Waals surface area contributed by atoms with Crippen molar-refractivity contribution in [2.45, 2.75) is 19.6 Å². The Bertz CT molecular complexity index is 602. The van der Waals surface area contributed by atoms with E-state index >= 15 is 0 Å². The van der Waals surface area contributed by atoms with Crippen LogP contribution in [0.2, 0.25) is 19.6 Å². The number of allylic oxidation sites excluding steroid dienone is 1. The molecule has 19 heavy (non-hydrogen) atoms. The lowest BCUT2D eigenvalue weighted by Crippen LogP contribution is -2.14. The number of nitro groups is 1. The average molecular weight is 269 g/mol. The molecule has 0 aliphatic carbocycles. The third kappa shape index (κ3) is 6.26. The van der Waals surface area contributed by atoms with E-state index in [1.807, 2.05) is 6.08 Å². The lowest BCUT2D eigenvalue weighted by molar-refractivity contribution is -0.384. The van der Waals surface area contributed by atoms with Crippen molar-refractivity contribution in [2.24, 2.45) is 0 Å². The van der Waals surface area contributed by atoms with E-state index in [2.05, 4.69) is 49.0 Å². The third-order valence-electron chi connectivity index (χ3n) is 2.09. The maximum absolute atomic E-state index is 10.5. The number of hydrogen-bond donors (Lipinski definition) is 0. The van der Waals surface area contributed by atoms with E-state index in [0.717, 1.165) is 0 Å². The summed E-state index contributed by atoms with van der Waals surface area (Å²) in [5.74, 6) is 11.2. The van der Waals surface area contributed by atoms with Crippen molar-refractivity contribution in [2.75, 3.05) is 0 Å². The Morgan fingerprint density at radius 1 is 1.16 bits per heavy atom. The summed E-state index contributed by atoms with van der Waals surface area (Å²) in [5.41, 5.74) is 2.93. The van der Waals surface area contributed by atoms with Gasteiger partial charge in [-0.1, -0.05) is 37.2 Å². The first-order valence-corrected chi connectivity index (χ1v) is 9.40. The van der Waals surface area contributed by atoms with Crippen LogP contribution in [0.3, 0.4) is 0 Å². The summed E-state index contributed by atoms with van der Waals surface area (Å²) in [6.07, 6.45) is 1.84. The first kappa shape index (κ1) is 14.8. The summed E-state index contributed by atoms with van der Waals surface area (Å²) in [6, 6.07) is 6.10. The highest BCUT2D eigenvalue weighted by molar-refractivity contribution is 6.81. The molecule has 0 spiro atoms. The fourth-order valence-corrected chi connectivity index (χ4v) is 1.72. The second-order valence-corrected chi connectivity index (χ2v) is 10.1. The van der Waals surface area contributed by atoms with Crippen LogP contribution in [0.25, 0.3) is 0 Å². The molecule has 1 aromatic carbocycles. The van der Waals surface area contributed by atoms with Gasteiger partial charge in [-0.15, -0.1) is 0 Å². The maximum Gasteiger partial charge on any atom is 0.269 e. The van der Waals surface area contributed by atoms with Gasteiger partial charge in [0.2, 0.25) is 0 Å². The largest absolute Gasteiger partial charge is 0.269 e. The van der Waals surface area contributed by atoms with Crippen LogP contribution in [0.4, 0.5) is 5.69 Å². The Labute approximate surface area is 114 Å². The zero-order valence-electron chi connectivity index (χ0n) is 11.2. The molecule has 0 saturated heterocycles. The maximum atomic E-state index is 10.5. The van der Waals surface area contributed by atoms with E-state index in [9.17, 15) is 10.1 Å². The van der Waals surface area contributed by atoms with Gasteiger partial charge in [-0.05, 0) is 30.0 Å². The molecule has 0 atom stereocenters. The predicted molar refractivity (Wildman–Crippen MR) is 80.2 cm³/mol. The van der Waals surface area contributed by atoms with Crippen LogP contribution < -0.4 is 0 Å². The first-order valence-electron chi connectivity index (χ1n) is 5.82. The van der Waals surface area contributed by atoms with Gasteiger partial charge in [-0.25, -0.2) is 0 Å². The van der Waals surface area contributed by atoms with E-state index in [-0.39, 0.29) is 5.69 Å². The minimum Gasteiger partial charge on any atom is -0.258 e. The average Bonchev–Trinajstić information content (AvgIpc) is 2.33. The monoisotopic (exact) mass is 269 g/mol. The van der Waals surface area contributed by atoms with Gasteiger partial charge in [0.05, 0.1) is 13.0 Å². The van der Waals surface area contributed by atoms with Crippen LogP contribution >= 0.6 is 0 Å². The van der Waals surface area contributed by atoms with E-state index < -0.39 is 13.0 Å². The van der Waals surface area contributed by atoms with Crippen molar-refractivity contribution in [3.63, 3.8) is 0 Å². The molecule has 0 N–H and O–H groups in total. The zero-order chi connectivity index (χ0) is 14.3. The van der Waals surface area contributed by atoms with E-state index in [4.69, 9.17) is 0 Å². The van der Waals surface area contributed by atoms with E-state index in [1.54, 1.807) is 12.1 Å². The molecular weight excluding hydrogens is 254 g/mol. The Morgan fingerprint density at radius 3 is 2.32 bits per heavy atom. The SMILES string of the molecule is C[Si](C)(C)C=CC#CC#Cc1ccc([N+](=O)[O-])cc1. The van der Waals surface area contributed by atoms with Crippen LogP contribution in [0.1, 0.15) is 5.56 Å². The minimum atomic E-state index is -1.19. The molecule has 0 radical (unpaired) electrons. The molecule has 96 valence electrons. The van der Waals surface area contributed by atoms with Crippen LogP contribution in [-0.4, -0.2) is 13.0 Å². The molecule has 1 aromatic rings. The van der Waals surface area contributed by atoms with Crippen molar-refractivity contribution in [1.82, 2.24) is 0 Å². The van der Waals surface area contributed by atoms with Gasteiger partial charge in [-0.3, -0.25) is 10.1 Å². The highest BCUT2D eigenvalue weighted by Gasteiger charge is 2.05. The number of non-ortho nitro benzene ring substituents is 1. The summed E-state index contributed by atoms with van der Waals surface area (Å²) in [7, 11) is -1.19. The van der Waals surface area contributed by atoms with Crippen molar-refractivity contribution in [3.8, 4) is 23.7 Å². The lowest BCUT2D eigenvalue weighted by Gasteiger charge is -2.05. The van der Waals surface area contributed by atoms with Crippen LogP contribution in [-0.2, 0) is 0 Å². The van der Waals surface area contributed by atoms with E-state index in [1.165, 1.54) is 12.1 Å². The molecule has 1 rings (SSSR count). The molecular formula is C15H15NO2Si. The standard InChI is InChI=1S/C15H15NO2Si/c1-19(2,3)13-7-5-4-6-8-14-9-11-15(12-10-14)16(17)18/h7,9-13H,1-3H3. The molecule has 0 unspecified atom stereocenters. The highest BCUT2D eigenvalue weighted by atomic mass is 28.3. The lowest BCUT2D eigenvalue weighted by atomic mass is 10.2. The van der Waals surface area contributed by atoms with Crippen LogP contribution in [0.5, 0.6) is 0 Å². The van der Waals surface area contributed by atoms with Gasteiger partial charge < -0.3 is 0 Å². The van der Waals surface area contributed by atoms with Gasteiger partial charge in [0.15, 0.2) is 0 Å². The molecule has 4 heteroatoms. The smallest absolute Gasteiger partial charge is 0.258 e. The summed E-state index contributed by atoms with van der Waals surface area (Å²) >= 11 is 0. The quantitative estimate of drug-likeness (QED) is 0.357. The van der Waals surface area contributed by atoms with Crippen molar-refractivity contribution in [3.05, 3.63) is 51.7 Å². The highest BCUT2D eigenvalue weighted by Crippen LogP contribution is 2.10. The summed E-state index contributed by atoms with van der Waals surface area (Å²) in [5, 5.41) is 10.5. The van der Waals surface area contributed by atoms with Crippen molar-refractivity contribution in [1.29, 1.82) is 0 Å². The molecule has 0 fully saturated rings. The third-order valence-corrected chi connectivity index (χ3v) is 3.25. The van der Waals surface area contributed by atoms with Gasteiger partial charge in [0, 0.05) is 17.7 Å². The Balaban J connectivity index is 2.67. The molecule has 3 nitrogen and oxygen atoms in total. The molecule has 0 heterocycles. The van der Waals surface area contributed by atoms with Crippen LogP contribution in [0, 0.1) is 33.8 Å². The number of hydrogen-bond acceptors (Lipinski definition) is 2. The minimum absolute atomic E-state index is 0.0645. The second kappa shape index (κ2) is 6.58. The van der Waals surface area contributed by atoms with E-state index in [0.29, 0.717) is 5.56 Å².